The van der Waals surface area contributed by atoms with E-state index in [1.807, 2.05) is 109 Å². The number of rotatable bonds is 8. The summed E-state index contributed by atoms with van der Waals surface area (Å²) in [6.45, 7) is 0. The van der Waals surface area contributed by atoms with Crippen molar-refractivity contribution in [2.75, 3.05) is 0 Å². The monoisotopic (exact) mass is 786 g/mol. The summed E-state index contributed by atoms with van der Waals surface area (Å²) < 4.78 is 0. The van der Waals surface area contributed by atoms with Crippen LogP contribution >= 0.6 is 0 Å². The van der Waals surface area contributed by atoms with Crippen LogP contribution in [0.2, 0.25) is 0 Å². The molecule has 52 heavy (non-hydrogen) atoms. The van der Waals surface area contributed by atoms with Crippen molar-refractivity contribution >= 4 is 12.4 Å². The number of benzene rings is 4. The van der Waals surface area contributed by atoms with Crippen LogP contribution in [0.3, 0.4) is 0 Å². The van der Waals surface area contributed by atoms with Crippen LogP contribution in [0.5, 0.6) is 11.5 Å². The van der Waals surface area contributed by atoms with Gasteiger partial charge in [-0.15, -0.1) is 11.5 Å². The first-order valence-electron chi connectivity index (χ1n) is 15.0. The van der Waals surface area contributed by atoms with Gasteiger partial charge in [-0.25, -0.2) is 0 Å². The maximum absolute atomic E-state index is 11.8. The normalized spacial score (nSPS) is 10.8. The zero-order valence-corrected chi connectivity index (χ0v) is 34.0. The van der Waals surface area contributed by atoms with Gasteiger partial charge >= 0.3 is 39.0 Å². The molecule has 2 heterocycles. The van der Waals surface area contributed by atoms with Crippen molar-refractivity contribution in [3.63, 3.8) is 0 Å². The third-order valence-electron chi connectivity index (χ3n) is 6.73. The first kappa shape index (κ1) is 44.0. The molecule has 0 spiro atoms. The molecule has 0 unspecified atom stereocenters. The van der Waals surface area contributed by atoms with E-state index in [0.717, 1.165) is 22.5 Å². The molecule has 2 aromatic heterocycles. The average molecular weight is 790 g/mol. The van der Waals surface area contributed by atoms with E-state index in [9.17, 15) is 10.2 Å². The number of aromatic nitrogens is 2. The van der Waals surface area contributed by atoms with Gasteiger partial charge in [-0.2, -0.15) is 0 Å². The topological polar surface area (TPSA) is 214 Å². The number of nitrogens with zero attached hydrogens (tertiary/aromatic N) is 10. The summed E-state index contributed by atoms with van der Waals surface area (Å²) >= 11 is 0. The van der Waals surface area contributed by atoms with E-state index >= 15 is 0 Å². The van der Waals surface area contributed by atoms with Crippen LogP contribution in [0, 0.1) is 0 Å². The number of hydrogen-bond donors (Lipinski definition) is 0. The van der Waals surface area contributed by atoms with Crippen molar-refractivity contribution in [2.24, 2.45) is 9.98 Å². The van der Waals surface area contributed by atoms with Crippen molar-refractivity contribution in [3.8, 4) is 11.5 Å². The van der Waals surface area contributed by atoms with Crippen molar-refractivity contribution in [2.45, 2.75) is 12.1 Å². The summed E-state index contributed by atoms with van der Waals surface area (Å²) in [6.07, 6.45) is 6.77. The molecule has 0 aliphatic carbocycles. The van der Waals surface area contributed by atoms with Gasteiger partial charge in [-0.3, -0.25) is 29.8 Å². The van der Waals surface area contributed by atoms with Crippen molar-refractivity contribution < 1.29 is 49.2 Å². The molecule has 12 nitrogen and oxygen atoms in total. The molecule has 0 saturated carbocycles. The number of hydrogen-bond acceptors (Lipinski definition) is 6. The molecular weight excluding hydrogens is 759 g/mol. The molecule has 0 fully saturated rings. The Bertz CT molecular complexity index is 1770. The Hall–Kier alpha value is -6.01. The zero-order valence-electron chi connectivity index (χ0n) is 28.0. The largest absolute Gasteiger partial charge is 2.00 e. The third kappa shape index (κ3) is 14.8. The summed E-state index contributed by atoms with van der Waals surface area (Å²) in [7, 11) is 0. The zero-order chi connectivity index (χ0) is 35.8. The molecule has 4 aromatic carbocycles. The Labute approximate surface area is 327 Å². The molecule has 0 amide bonds. The maximum atomic E-state index is 11.8. The molecule has 14 heteroatoms. The van der Waals surface area contributed by atoms with Gasteiger partial charge in [0.2, 0.25) is 0 Å². The Morgan fingerprint density at radius 1 is 0.462 bits per heavy atom. The molecular formula is C38H30N10O2Zn2. The standard InChI is InChI=1S/2C19H16N2O.2N3.2Zn/c2*22-18-12-5-4-10-16(18)14-21-19(15-8-2-1-3-9-15)17-11-6-7-13-20-17;2*1-3-2;;/h2*1-14,19,22H;;;;/q;;2*-1;2*+2/p-2/t2*19-;;;;/m10..../s1. The second-order valence-corrected chi connectivity index (χ2v) is 9.95. The van der Waals surface area contributed by atoms with Crippen LogP contribution in [0.25, 0.3) is 31.9 Å². The Morgan fingerprint density at radius 3 is 1.08 bits per heavy atom. The first-order chi connectivity index (χ1) is 24.5. The van der Waals surface area contributed by atoms with Gasteiger partial charge in [-0.1, -0.05) is 121 Å². The van der Waals surface area contributed by atoms with E-state index in [0.29, 0.717) is 11.1 Å². The van der Waals surface area contributed by atoms with Gasteiger partial charge in [0.1, 0.15) is 12.1 Å². The van der Waals surface area contributed by atoms with E-state index in [4.69, 9.17) is 22.1 Å². The SMILES string of the molecule is [N-]=[N+]=[N-].[N-]=[N+]=[N-].[O-]c1ccccc1C=N[C@@H](c1ccccc1)c1ccccn1.[O-]c1ccccc1C=N[C@H](c1ccccc1)c1ccccn1.[Zn+2].[Zn+2]. The quantitative estimate of drug-likeness (QED) is 0.0488. The van der Waals surface area contributed by atoms with Gasteiger partial charge in [-0.05, 0) is 46.5 Å². The van der Waals surface area contributed by atoms with Gasteiger partial charge < -0.3 is 32.3 Å². The smallest absolute Gasteiger partial charge is 0.872 e. The molecule has 0 aliphatic rings. The predicted octanol–water partition coefficient (Wildman–Crippen LogP) is 8.45. The van der Waals surface area contributed by atoms with Crippen molar-refractivity contribution in [3.05, 3.63) is 224 Å². The Morgan fingerprint density at radius 2 is 0.769 bits per heavy atom. The molecule has 6 aromatic rings. The van der Waals surface area contributed by atoms with Gasteiger partial charge in [0, 0.05) is 24.8 Å². The summed E-state index contributed by atoms with van der Waals surface area (Å²) in [4.78, 5) is 21.0. The maximum Gasteiger partial charge on any atom is 2.00 e. The molecule has 6 rings (SSSR count). The fourth-order valence-corrected chi connectivity index (χ4v) is 4.50. The number of pyridine rings is 2. The van der Waals surface area contributed by atoms with Gasteiger partial charge in [0.05, 0.1) is 11.4 Å². The van der Waals surface area contributed by atoms with E-state index in [1.165, 1.54) is 9.82 Å². The molecule has 0 aliphatic heterocycles. The molecule has 0 bridgehead atoms. The molecule has 0 saturated heterocycles. The fraction of sp³-hybridized carbons (Fsp3) is 0.0526. The average Bonchev–Trinajstić information content (AvgIpc) is 3.16. The van der Waals surface area contributed by atoms with Crippen LogP contribution in [0.4, 0.5) is 0 Å². The predicted molar refractivity (Wildman–Crippen MR) is 192 cm³/mol. The summed E-state index contributed by atoms with van der Waals surface area (Å²) in [5.74, 6) is -0.0573. The second kappa shape index (κ2) is 25.9. The fourth-order valence-electron chi connectivity index (χ4n) is 4.50. The van der Waals surface area contributed by atoms with Gasteiger partial charge in [0.25, 0.3) is 0 Å². The van der Waals surface area contributed by atoms with Crippen LogP contribution in [-0.2, 0) is 39.0 Å². The molecule has 0 radical (unpaired) electrons. The van der Waals surface area contributed by atoms with E-state index in [1.54, 1.807) is 61.2 Å². The third-order valence-corrected chi connectivity index (χ3v) is 6.73. The molecule has 0 N–H and O–H groups in total. The van der Waals surface area contributed by atoms with Crippen LogP contribution < -0.4 is 10.2 Å². The minimum absolute atomic E-state index is 0. The van der Waals surface area contributed by atoms with Crippen molar-refractivity contribution in [1.82, 2.24) is 9.97 Å². The Balaban J connectivity index is 0.000000437. The van der Waals surface area contributed by atoms with Crippen LogP contribution in [0.15, 0.2) is 168 Å². The number of aliphatic imine (C=N–C) groups is 2. The summed E-state index contributed by atoms with van der Waals surface area (Å²) in [5.41, 5.74) is 32.0. The van der Waals surface area contributed by atoms with Gasteiger partial charge in [0.15, 0.2) is 0 Å². The van der Waals surface area contributed by atoms with Crippen LogP contribution in [0.1, 0.15) is 45.7 Å². The molecule has 248 valence electrons. The minimum atomic E-state index is -0.220. The second-order valence-electron chi connectivity index (χ2n) is 9.95. The van der Waals surface area contributed by atoms with E-state index < -0.39 is 0 Å². The van der Waals surface area contributed by atoms with Crippen molar-refractivity contribution in [1.29, 1.82) is 0 Å². The summed E-state index contributed by atoms with van der Waals surface area (Å²) in [6, 6.07) is 44.7. The van der Waals surface area contributed by atoms with E-state index in [-0.39, 0.29) is 62.5 Å². The number of para-hydroxylation sites is 2. The summed E-state index contributed by atoms with van der Waals surface area (Å²) in [5, 5.41) is 23.6. The van der Waals surface area contributed by atoms with Crippen LogP contribution in [-0.4, -0.2) is 22.4 Å². The minimum Gasteiger partial charge on any atom is -0.872 e. The Kier molecular flexibility index (Phi) is 21.9. The van der Waals surface area contributed by atoms with E-state index in [2.05, 4.69) is 20.0 Å². The molecule has 2 atom stereocenters. The first-order valence-corrected chi connectivity index (χ1v) is 15.0.